The van der Waals surface area contributed by atoms with Crippen LogP contribution >= 0.6 is 24.0 Å². The molecule has 1 aromatic rings. The Morgan fingerprint density at radius 3 is 2.67 bits per heavy atom. The Morgan fingerprint density at radius 2 is 2.06 bits per heavy atom. The molecule has 1 aliphatic heterocycles. The van der Waals surface area contributed by atoms with Crippen LogP contribution in [0.4, 0.5) is 5.69 Å². The van der Waals surface area contributed by atoms with Crippen LogP contribution in [0.3, 0.4) is 0 Å². The summed E-state index contributed by atoms with van der Waals surface area (Å²) in [6.45, 7) is 1.73. The molecule has 1 aliphatic rings. The molecule has 100 valence electrons. The number of anilines is 1. The fraction of sp³-hybridized carbons (Fsp3) is 0.417. The van der Waals surface area contributed by atoms with E-state index < -0.39 is 0 Å². The molecule has 4 nitrogen and oxygen atoms in total. The summed E-state index contributed by atoms with van der Waals surface area (Å²) >= 11 is 5.72. The lowest BCUT2D eigenvalue weighted by atomic mass is 9.97. The average molecular weight is 291 g/mol. The minimum atomic E-state index is -0.0378. The van der Waals surface area contributed by atoms with Gasteiger partial charge >= 0.3 is 0 Å². The second-order valence-electron chi connectivity index (χ2n) is 4.17. The van der Waals surface area contributed by atoms with E-state index in [4.69, 9.17) is 11.6 Å². The summed E-state index contributed by atoms with van der Waals surface area (Å²) in [5.41, 5.74) is 0.415. The van der Waals surface area contributed by atoms with Gasteiger partial charge in [0.1, 0.15) is 5.75 Å². The number of carbonyl (C=O) groups excluding carboxylic acids is 1. The van der Waals surface area contributed by atoms with Crippen molar-refractivity contribution in [3.05, 3.63) is 23.2 Å². The largest absolute Gasteiger partial charge is 0.506 e. The molecule has 0 spiro atoms. The number of phenolic OH excluding ortho intramolecular Hbond substituents is 1. The van der Waals surface area contributed by atoms with Crippen molar-refractivity contribution in [3.63, 3.8) is 0 Å². The summed E-state index contributed by atoms with van der Waals surface area (Å²) in [6, 6.07) is 4.66. The first-order valence-corrected chi connectivity index (χ1v) is 6.04. The van der Waals surface area contributed by atoms with Crippen molar-refractivity contribution in [3.8, 4) is 5.75 Å². The minimum Gasteiger partial charge on any atom is -0.506 e. The van der Waals surface area contributed by atoms with Crippen LogP contribution in [-0.2, 0) is 4.79 Å². The smallest absolute Gasteiger partial charge is 0.227 e. The molecule has 1 aromatic carbocycles. The van der Waals surface area contributed by atoms with Crippen molar-refractivity contribution in [2.24, 2.45) is 5.92 Å². The second-order valence-corrected chi connectivity index (χ2v) is 4.61. The Bertz CT molecular complexity index is 421. The maximum Gasteiger partial charge on any atom is 0.227 e. The van der Waals surface area contributed by atoms with Crippen molar-refractivity contribution < 1.29 is 9.90 Å². The number of phenols is 1. The van der Waals surface area contributed by atoms with Gasteiger partial charge in [-0.2, -0.15) is 0 Å². The number of rotatable bonds is 2. The lowest BCUT2D eigenvalue weighted by Gasteiger charge is -2.21. The minimum absolute atomic E-state index is 0. The molecule has 0 radical (unpaired) electrons. The van der Waals surface area contributed by atoms with Gasteiger partial charge < -0.3 is 15.7 Å². The van der Waals surface area contributed by atoms with E-state index in [9.17, 15) is 9.90 Å². The normalized spacial score (nSPS) is 15.8. The molecule has 1 fully saturated rings. The number of benzene rings is 1. The Labute approximate surface area is 117 Å². The van der Waals surface area contributed by atoms with Gasteiger partial charge in [-0.05, 0) is 38.1 Å². The quantitative estimate of drug-likeness (QED) is 0.733. The summed E-state index contributed by atoms with van der Waals surface area (Å²) in [5.74, 6) is -0.0183. The third-order valence-electron chi connectivity index (χ3n) is 2.93. The highest BCUT2D eigenvalue weighted by Crippen LogP contribution is 2.27. The van der Waals surface area contributed by atoms with Gasteiger partial charge in [-0.3, -0.25) is 4.79 Å². The zero-order valence-corrected chi connectivity index (χ0v) is 11.4. The molecule has 0 aliphatic carbocycles. The molecule has 0 aromatic heterocycles. The van der Waals surface area contributed by atoms with Gasteiger partial charge in [-0.25, -0.2) is 0 Å². The second kappa shape index (κ2) is 6.83. The molecule has 2 rings (SSSR count). The molecule has 0 unspecified atom stereocenters. The number of carbonyl (C=O) groups is 1. The Hall–Kier alpha value is -0.970. The molecule has 0 saturated carbocycles. The van der Waals surface area contributed by atoms with Crippen molar-refractivity contribution in [2.45, 2.75) is 12.8 Å². The number of piperidine rings is 1. The van der Waals surface area contributed by atoms with Gasteiger partial charge in [0.25, 0.3) is 0 Å². The van der Waals surface area contributed by atoms with Crippen LogP contribution in [0.2, 0.25) is 5.02 Å². The van der Waals surface area contributed by atoms with Crippen molar-refractivity contribution in [1.82, 2.24) is 5.32 Å². The van der Waals surface area contributed by atoms with E-state index in [1.54, 1.807) is 12.1 Å². The molecule has 1 saturated heterocycles. The summed E-state index contributed by atoms with van der Waals surface area (Å²) < 4.78 is 0. The zero-order valence-electron chi connectivity index (χ0n) is 9.78. The Kier molecular flexibility index (Phi) is 5.72. The SMILES string of the molecule is Cl.O=C(Nc1ccc(Cl)cc1O)C1CCNCC1. The van der Waals surface area contributed by atoms with Crippen molar-refractivity contribution in [2.75, 3.05) is 18.4 Å². The van der Waals surface area contributed by atoms with Crippen LogP contribution in [0, 0.1) is 5.92 Å². The van der Waals surface area contributed by atoms with Crippen LogP contribution in [0.5, 0.6) is 5.75 Å². The number of halogens is 2. The van der Waals surface area contributed by atoms with E-state index in [2.05, 4.69) is 10.6 Å². The van der Waals surface area contributed by atoms with Crippen LogP contribution < -0.4 is 10.6 Å². The van der Waals surface area contributed by atoms with E-state index in [1.807, 2.05) is 0 Å². The molecular formula is C12H16Cl2N2O2. The van der Waals surface area contributed by atoms with Gasteiger partial charge in [-0.1, -0.05) is 11.6 Å². The number of amides is 1. The number of aromatic hydroxyl groups is 1. The first-order chi connectivity index (χ1) is 8.16. The summed E-state index contributed by atoms with van der Waals surface area (Å²) in [6.07, 6.45) is 1.67. The molecule has 6 heteroatoms. The van der Waals surface area contributed by atoms with E-state index in [-0.39, 0.29) is 30.0 Å². The third kappa shape index (κ3) is 3.77. The highest BCUT2D eigenvalue weighted by Gasteiger charge is 2.21. The van der Waals surface area contributed by atoms with Crippen LogP contribution in [0.1, 0.15) is 12.8 Å². The van der Waals surface area contributed by atoms with Crippen LogP contribution in [0.25, 0.3) is 0 Å². The van der Waals surface area contributed by atoms with Crippen molar-refractivity contribution >= 4 is 35.6 Å². The zero-order chi connectivity index (χ0) is 12.3. The van der Waals surface area contributed by atoms with E-state index >= 15 is 0 Å². The summed E-state index contributed by atoms with van der Waals surface area (Å²) in [7, 11) is 0. The predicted molar refractivity (Wildman–Crippen MR) is 74.6 cm³/mol. The molecule has 0 bridgehead atoms. The maximum absolute atomic E-state index is 11.9. The molecule has 1 heterocycles. The lowest BCUT2D eigenvalue weighted by molar-refractivity contribution is -0.120. The van der Waals surface area contributed by atoms with E-state index in [0.29, 0.717) is 10.7 Å². The van der Waals surface area contributed by atoms with Gasteiger partial charge in [0, 0.05) is 17.0 Å². The highest BCUT2D eigenvalue weighted by atomic mass is 35.5. The molecule has 1 amide bonds. The number of hydrogen-bond donors (Lipinski definition) is 3. The summed E-state index contributed by atoms with van der Waals surface area (Å²) in [4.78, 5) is 11.9. The first kappa shape index (κ1) is 15.1. The van der Waals surface area contributed by atoms with Crippen LogP contribution in [0.15, 0.2) is 18.2 Å². The van der Waals surface area contributed by atoms with Gasteiger partial charge in [0.15, 0.2) is 0 Å². The van der Waals surface area contributed by atoms with Crippen molar-refractivity contribution in [1.29, 1.82) is 0 Å². The Morgan fingerprint density at radius 1 is 1.39 bits per heavy atom. The van der Waals surface area contributed by atoms with Crippen LogP contribution in [-0.4, -0.2) is 24.1 Å². The van der Waals surface area contributed by atoms with E-state index in [1.165, 1.54) is 6.07 Å². The topological polar surface area (TPSA) is 61.4 Å². The first-order valence-electron chi connectivity index (χ1n) is 5.67. The lowest BCUT2D eigenvalue weighted by Crippen LogP contribution is -2.34. The predicted octanol–water partition coefficient (Wildman–Crippen LogP) is 2.41. The van der Waals surface area contributed by atoms with Gasteiger partial charge in [-0.15, -0.1) is 12.4 Å². The number of nitrogens with one attached hydrogen (secondary N) is 2. The maximum atomic E-state index is 11.9. The number of hydrogen-bond acceptors (Lipinski definition) is 3. The fourth-order valence-electron chi connectivity index (χ4n) is 1.93. The Balaban J connectivity index is 0.00000162. The monoisotopic (exact) mass is 290 g/mol. The highest BCUT2D eigenvalue weighted by molar-refractivity contribution is 6.30. The molecule has 0 atom stereocenters. The molecular weight excluding hydrogens is 275 g/mol. The third-order valence-corrected chi connectivity index (χ3v) is 3.16. The summed E-state index contributed by atoms with van der Waals surface area (Å²) in [5, 5.41) is 16.0. The fourth-order valence-corrected chi connectivity index (χ4v) is 2.10. The van der Waals surface area contributed by atoms with Gasteiger partial charge in [0.2, 0.25) is 5.91 Å². The molecule has 18 heavy (non-hydrogen) atoms. The average Bonchev–Trinajstić information content (AvgIpc) is 2.34. The van der Waals surface area contributed by atoms with Gasteiger partial charge in [0.05, 0.1) is 5.69 Å². The standard InChI is InChI=1S/C12H15ClN2O2.ClH/c13-9-1-2-10(11(16)7-9)15-12(17)8-3-5-14-6-4-8;/h1-2,7-8,14,16H,3-6H2,(H,15,17);1H. The van der Waals surface area contributed by atoms with E-state index in [0.717, 1.165) is 25.9 Å². The molecule has 3 N–H and O–H groups in total.